The summed E-state index contributed by atoms with van der Waals surface area (Å²) < 4.78 is 5.47. The number of hydrogen-bond donors (Lipinski definition) is 0. The van der Waals surface area contributed by atoms with E-state index < -0.39 is 5.60 Å². The van der Waals surface area contributed by atoms with Gasteiger partial charge in [-0.05, 0) is 63.9 Å². The van der Waals surface area contributed by atoms with Crippen molar-refractivity contribution in [3.8, 4) is 0 Å². The maximum absolute atomic E-state index is 12.1. The summed E-state index contributed by atoms with van der Waals surface area (Å²) in [6.45, 7) is 12.3. The predicted molar refractivity (Wildman–Crippen MR) is 97.3 cm³/mol. The lowest BCUT2D eigenvalue weighted by molar-refractivity contribution is -0.160. The molecule has 0 spiro atoms. The van der Waals surface area contributed by atoms with Gasteiger partial charge in [-0.1, -0.05) is 51.1 Å². The Labute approximate surface area is 142 Å². The van der Waals surface area contributed by atoms with Crippen LogP contribution in [0.5, 0.6) is 0 Å². The third kappa shape index (κ3) is 8.78. The highest BCUT2D eigenvalue weighted by atomic mass is 16.6. The van der Waals surface area contributed by atoms with Crippen molar-refractivity contribution in [3.63, 3.8) is 0 Å². The summed E-state index contributed by atoms with van der Waals surface area (Å²) in [6.07, 6.45) is 4.41. The second-order valence-electron chi connectivity index (χ2n) is 8.14. The molecule has 130 valence electrons. The Hall–Kier alpha value is -1.31. The molecule has 2 nitrogen and oxygen atoms in total. The molecule has 0 bridgehead atoms. The molecule has 1 rings (SSSR count). The largest absolute Gasteiger partial charge is 0.460 e. The molecule has 0 fully saturated rings. The highest BCUT2D eigenvalue weighted by molar-refractivity contribution is 5.72. The highest BCUT2D eigenvalue weighted by Crippen LogP contribution is 2.24. The van der Waals surface area contributed by atoms with E-state index in [9.17, 15) is 4.79 Å². The SMILES string of the molecule is C[C@H](CCc1ccccc1)C[C@H](C)C[C@@H](C)C(=O)OC(C)(C)C. The van der Waals surface area contributed by atoms with E-state index in [1.54, 1.807) is 0 Å². The van der Waals surface area contributed by atoms with Crippen LogP contribution in [0, 0.1) is 17.8 Å². The van der Waals surface area contributed by atoms with E-state index in [0.29, 0.717) is 11.8 Å². The Bertz CT molecular complexity index is 458. The minimum Gasteiger partial charge on any atom is -0.460 e. The van der Waals surface area contributed by atoms with E-state index in [-0.39, 0.29) is 11.9 Å². The van der Waals surface area contributed by atoms with Crippen molar-refractivity contribution in [2.75, 3.05) is 0 Å². The van der Waals surface area contributed by atoms with E-state index in [4.69, 9.17) is 4.74 Å². The number of hydrogen-bond acceptors (Lipinski definition) is 2. The molecule has 0 aromatic heterocycles. The summed E-state index contributed by atoms with van der Waals surface area (Å²) >= 11 is 0. The molecule has 0 amide bonds. The number of carbonyl (C=O) groups excluding carboxylic acids is 1. The summed E-state index contributed by atoms with van der Waals surface area (Å²) in [4.78, 5) is 12.1. The van der Waals surface area contributed by atoms with Crippen LogP contribution in [0.3, 0.4) is 0 Å². The van der Waals surface area contributed by atoms with Crippen molar-refractivity contribution in [1.29, 1.82) is 0 Å². The van der Waals surface area contributed by atoms with Crippen molar-refractivity contribution in [2.45, 2.75) is 72.8 Å². The van der Waals surface area contributed by atoms with Gasteiger partial charge in [-0.15, -0.1) is 0 Å². The number of ether oxygens (including phenoxy) is 1. The third-order valence-corrected chi connectivity index (χ3v) is 4.14. The van der Waals surface area contributed by atoms with Gasteiger partial charge >= 0.3 is 5.97 Å². The first-order valence-corrected chi connectivity index (χ1v) is 8.94. The molecule has 1 aromatic rings. The van der Waals surface area contributed by atoms with E-state index >= 15 is 0 Å². The fourth-order valence-corrected chi connectivity index (χ4v) is 3.06. The van der Waals surface area contributed by atoms with Crippen LogP contribution in [-0.4, -0.2) is 11.6 Å². The van der Waals surface area contributed by atoms with Crippen molar-refractivity contribution >= 4 is 5.97 Å². The molecule has 0 N–H and O–H groups in total. The van der Waals surface area contributed by atoms with E-state index in [0.717, 1.165) is 12.8 Å². The zero-order valence-corrected chi connectivity index (χ0v) is 15.8. The second-order valence-corrected chi connectivity index (χ2v) is 8.14. The van der Waals surface area contributed by atoms with Gasteiger partial charge in [0.25, 0.3) is 0 Å². The molecule has 2 heteroatoms. The Kier molecular flexibility index (Phi) is 7.81. The maximum Gasteiger partial charge on any atom is 0.309 e. The lowest BCUT2D eigenvalue weighted by atomic mass is 9.87. The average Bonchev–Trinajstić information content (AvgIpc) is 2.44. The monoisotopic (exact) mass is 318 g/mol. The minimum absolute atomic E-state index is 0.0226. The van der Waals surface area contributed by atoms with Crippen LogP contribution in [0.2, 0.25) is 0 Å². The van der Waals surface area contributed by atoms with Gasteiger partial charge in [-0.25, -0.2) is 0 Å². The fourth-order valence-electron chi connectivity index (χ4n) is 3.06. The molecule has 0 saturated heterocycles. The van der Waals surface area contributed by atoms with Crippen LogP contribution in [0.1, 0.15) is 66.4 Å². The van der Waals surface area contributed by atoms with Crippen LogP contribution in [-0.2, 0) is 16.0 Å². The Balaban J connectivity index is 2.31. The third-order valence-electron chi connectivity index (χ3n) is 4.14. The van der Waals surface area contributed by atoms with Gasteiger partial charge in [0.05, 0.1) is 5.92 Å². The van der Waals surface area contributed by atoms with Gasteiger partial charge < -0.3 is 4.74 Å². The van der Waals surface area contributed by atoms with Crippen LogP contribution in [0.4, 0.5) is 0 Å². The Morgan fingerprint density at radius 2 is 1.61 bits per heavy atom. The van der Waals surface area contributed by atoms with Crippen molar-refractivity contribution < 1.29 is 9.53 Å². The Morgan fingerprint density at radius 1 is 1.00 bits per heavy atom. The first-order chi connectivity index (χ1) is 10.7. The van der Waals surface area contributed by atoms with E-state index in [1.807, 2.05) is 27.7 Å². The fraction of sp³-hybridized carbons (Fsp3) is 0.667. The summed E-state index contributed by atoms with van der Waals surface area (Å²) in [6, 6.07) is 10.7. The number of benzene rings is 1. The molecule has 0 saturated carbocycles. The van der Waals surface area contributed by atoms with Crippen LogP contribution < -0.4 is 0 Å². The molecule has 0 aliphatic heterocycles. The average molecular weight is 319 g/mol. The van der Waals surface area contributed by atoms with Crippen molar-refractivity contribution in [2.24, 2.45) is 17.8 Å². The lowest BCUT2D eigenvalue weighted by Gasteiger charge is -2.24. The summed E-state index contributed by atoms with van der Waals surface area (Å²) in [7, 11) is 0. The molecular weight excluding hydrogens is 284 g/mol. The normalized spacial score (nSPS) is 15.7. The van der Waals surface area contributed by atoms with E-state index in [2.05, 4.69) is 44.2 Å². The topological polar surface area (TPSA) is 26.3 Å². The van der Waals surface area contributed by atoms with Crippen molar-refractivity contribution in [3.05, 3.63) is 35.9 Å². The molecular formula is C21H34O2. The molecule has 0 aliphatic rings. The zero-order valence-electron chi connectivity index (χ0n) is 15.8. The quantitative estimate of drug-likeness (QED) is 0.579. The van der Waals surface area contributed by atoms with Gasteiger partial charge in [0.1, 0.15) is 5.60 Å². The molecule has 23 heavy (non-hydrogen) atoms. The molecule has 1 aromatic carbocycles. The van der Waals surface area contributed by atoms with Crippen molar-refractivity contribution in [1.82, 2.24) is 0 Å². The molecule has 0 unspecified atom stereocenters. The van der Waals surface area contributed by atoms with Gasteiger partial charge in [0.15, 0.2) is 0 Å². The van der Waals surface area contributed by atoms with Gasteiger partial charge in [0, 0.05) is 0 Å². The highest BCUT2D eigenvalue weighted by Gasteiger charge is 2.23. The standard InChI is InChI=1S/C21H34O2/c1-16(12-13-19-10-8-7-9-11-19)14-17(2)15-18(3)20(22)23-21(4,5)6/h7-11,16-18H,12-15H2,1-6H3/t16-,17+,18-/m1/s1. The summed E-state index contributed by atoms with van der Waals surface area (Å²) in [5.74, 6) is 1.13. The Morgan fingerprint density at radius 3 is 2.17 bits per heavy atom. The predicted octanol–water partition coefficient (Wildman–Crippen LogP) is 5.65. The van der Waals surface area contributed by atoms with E-state index in [1.165, 1.54) is 18.4 Å². The lowest BCUT2D eigenvalue weighted by Crippen LogP contribution is -2.28. The van der Waals surface area contributed by atoms with Crippen LogP contribution >= 0.6 is 0 Å². The molecule has 0 radical (unpaired) electrons. The zero-order chi connectivity index (χ0) is 17.5. The van der Waals surface area contributed by atoms with Gasteiger partial charge in [0.2, 0.25) is 0 Å². The molecule has 3 atom stereocenters. The van der Waals surface area contributed by atoms with Crippen LogP contribution in [0.15, 0.2) is 30.3 Å². The minimum atomic E-state index is -0.391. The molecule has 0 aliphatic carbocycles. The number of rotatable bonds is 8. The van der Waals surface area contributed by atoms with Gasteiger partial charge in [-0.2, -0.15) is 0 Å². The van der Waals surface area contributed by atoms with Gasteiger partial charge in [-0.3, -0.25) is 4.79 Å². The number of aryl methyl sites for hydroxylation is 1. The maximum atomic E-state index is 12.1. The smallest absolute Gasteiger partial charge is 0.309 e. The first kappa shape index (κ1) is 19.7. The number of carbonyl (C=O) groups is 1. The van der Waals surface area contributed by atoms with Crippen LogP contribution in [0.25, 0.3) is 0 Å². The first-order valence-electron chi connectivity index (χ1n) is 8.94. The summed E-state index contributed by atoms with van der Waals surface area (Å²) in [5.41, 5.74) is 1.02. The number of esters is 1. The summed E-state index contributed by atoms with van der Waals surface area (Å²) in [5, 5.41) is 0. The second kappa shape index (κ2) is 9.10. The molecule has 0 heterocycles.